The van der Waals surface area contributed by atoms with E-state index in [-0.39, 0.29) is 12.0 Å². The smallest absolute Gasteiger partial charge is 0.194 e. The number of carbonyl (C=O) groups excluding carboxylic acids is 1. The van der Waals surface area contributed by atoms with Crippen molar-refractivity contribution in [1.29, 1.82) is 0 Å². The topological polar surface area (TPSA) is 26.3 Å². The molecule has 1 rings (SSSR count). The second-order valence-corrected chi connectivity index (χ2v) is 4.64. The van der Waals surface area contributed by atoms with Gasteiger partial charge >= 0.3 is 0 Å². The number of Topliss-reactive ketones (excluding diaryl/α,β-unsaturated/α-hetero) is 1. The fraction of sp³-hybridized carbons (Fsp3) is 0.462. The maximum absolute atomic E-state index is 12.9. The molecule has 0 N–H and O–H groups in total. The number of hydrogen-bond acceptors (Lipinski definition) is 2. The molecule has 0 atom stereocenters. The lowest BCUT2D eigenvalue weighted by Crippen LogP contribution is -2.23. The van der Waals surface area contributed by atoms with Gasteiger partial charge in [0, 0.05) is 19.1 Å². The second kappa shape index (κ2) is 5.52. The minimum atomic E-state index is -1.57. The monoisotopic (exact) mass is 260 g/mol. The van der Waals surface area contributed by atoms with E-state index >= 15 is 0 Å². The predicted octanol–water partition coefficient (Wildman–Crippen LogP) is 3.49. The zero-order valence-electron chi connectivity index (χ0n) is 10.5. The van der Waals surface area contributed by atoms with E-state index in [0.29, 0.717) is 18.6 Å². The Morgan fingerprint density at radius 3 is 2.17 bits per heavy atom. The minimum Gasteiger partial charge on any atom is -0.379 e. The van der Waals surface area contributed by atoms with Gasteiger partial charge in [0.1, 0.15) is 0 Å². The highest BCUT2D eigenvalue weighted by Crippen LogP contribution is 2.19. The molecular weight excluding hydrogens is 245 g/mol. The van der Waals surface area contributed by atoms with Crippen molar-refractivity contribution in [1.82, 2.24) is 0 Å². The van der Waals surface area contributed by atoms with Crippen LogP contribution in [0, 0.1) is 17.5 Å². The number of methoxy groups -OCH3 is 1. The summed E-state index contributed by atoms with van der Waals surface area (Å²) in [4.78, 5) is 11.7. The third-order valence-electron chi connectivity index (χ3n) is 2.81. The van der Waals surface area contributed by atoms with Gasteiger partial charge in [-0.05, 0) is 32.4 Å². The molecule has 0 saturated carbocycles. The Morgan fingerprint density at radius 2 is 1.72 bits per heavy atom. The summed E-state index contributed by atoms with van der Waals surface area (Å²) in [5, 5.41) is 0. The second-order valence-electron chi connectivity index (χ2n) is 4.64. The van der Waals surface area contributed by atoms with Crippen molar-refractivity contribution < 1.29 is 22.7 Å². The summed E-state index contributed by atoms with van der Waals surface area (Å²) in [7, 11) is 1.52. The van der Waals surface area contributed by atoms with Gasteiger partial charge in [0.2, 0.25) is 0 Å². The molecule has 1 aromatic rings. The number of ketones is 1. The van der Waals surface area contributed by atoms with Crippen LogP contribution in [0.4, 0.5) is 13.2 Å². The summed E-state index contributed by atoms with van der Waals surface area (Å²) in [6.07, 6.45) is 0.480. The molecule has 0 aliphatic rings. The van der Waals surface area contributed by atoms with Gasteiger partial charge in [-0.1, -0.05) is 0 Å². The average molecular weight is 260 g/mol. The summed E-state index contributed by atoms with van der Waals surface area (Å²) in [6.45, 7) is 3.60. The van der Waals surface area contributed by atoms with E-state index in [1.165, 1.54) is 7.11 Å². The summed E-state index contributed by atoms with van der Waals surface area (Å²) in [5.41, 5.74) is -0.662. The van der Waals surface area contributed by atoms with Crippen molar-refractivity contribution in [2.45, 2.75) is 32.3 Å². The predicted molar refractivity (Wildman–Crippen MR) is 61.0 cm³/mol. The first-order valence-electron chi connectivity index (χ1n) is 5.50. The van der Waals surface area contributed by atoms with Gasteiger partial charge in [-0.25, -0.2) is 13.2 Å². The molecule has 0 heterocycles. The number of hydrogen-bond donors (Lipinski definition) is 0. The standard InChI is InChI=1S/C13H15F3O2/c1-13(2,18-3)5-4-11(17)8-6-9(14)12(16)10(15)7-8/h6-7H,4-5H2,1-3H3. The molecule has 0 spiro atoms. The fourth-order valence-corrected chi connectivity index (χ4v) is 1.38. The van der Waals surface area contributed by atoms with Crippen molar-refractivity contribution in [3.63, 3.8) is 0 Å². The Kier molecular flexibility index (Phi) is 4.51. The Balaban J connectivity index is 2.80. The largest absolute Gasteiger partial charge is 0.379 e. The lowest BCUT2D eigenvalue weighted by molar-refractivity contribution is 0.0141. The molecule has 5 heteroatoms. The molecule has 18 heavy (non-hydrogen) atoms. The van der Waals surface area contributed by atoms with Gasteiger partial charge in [0.15, 0.2) is 23.2 Å². The first-order valence-corrected chi connectivity index (χ1v) is 5.50. The highest BCUT2D eigenvalue weighted by molar-refractivity contribution is 5.96. The molecule has 0 unspecified atom stereocenters. The lowest BCUT2D eigenvalue weighted by Gasteiger charge is -2.22. The van der Waals surface area contributed by atoms with Gasteiger partial charge in [-0.2, -0.15) is 0 Å². The van der Waals surface area contributed by atoms with Crippen LogP contribution in [0.3, 0.4) is 0 Å². The number of ether oxygens (including phenoxy) is 1. The maximum atomic E-state index is 12.9. The number of benzene rings is 1. The van der Waals surface area contributed by atoms with E-state index in [4.69, 9.17) is 4.74 Å². The molecule has 2 nitrogen and oxygen atoms in total. The molecule has 0 saturated heterocycles. The number of carbonyl (C=O) groups is 1. The van der Waals surface area contributed by atoms with Crippen LogP contribution < -0.4 is 0 Å². The van der Waals surface area contributed by atoms with E-state index in [1.807, 2.05) is 0 Å². The van der Waals surface area contributed by atoms with Crippen LogP contribution in [0.2, 0.25) is 0 Å². The van der Waals surface area contributed by atoms with Crippen molar-refractivity contribution in [2.75, 3.05) is 7.11 Å². The normalized spacial score (nSPS) is 11.7. The lowest BCUT2D eigenvalue weighted by atomic mass is 9.97. The molecule has 0 amide bonds. The minimum absolute atomic E-state index is 0.0748. The summed E-state index contributed by atoms with van der Waals surface area (Å²) < 4.78 is 43.8. The van der Waals surface area contributed by atoms with Gasteiger partial charge in [0.05, 0.1) is 5.60 Å². The van der Waals surface area contributed by atoms with Crippen LogP contribution in [0.1, 0.15) is 37.0 Å². The van der Waals surface area contributed by atoms with Crippen LogP contribution in [0.25, 0.3) is 0 Å². The van der Waals surface area contributed by atoms with E-state index in [1.54, 1.807) is 13.8 Å². The quantitative estimate of drug-likeness (QED) is 0.598. The number of rotatable bonds is 5. The van der Waals surface area contributed by atoms with E-state index in [2.05, 4.69) is 0 Å². The maximum Gasteiger partial charge on any atom is 0.194 e. The molecule has 100 valence electrons. The first-order chi connectivity index (χ1) is 8.26. The van der Waals surface area contributed by atoms with Crippen molar-refractivity contribution in [3.8, 4) is 0 Å². The van der Waals surface area contributed by atoms with Crippen LogP contribution in [-0.2, 0) is 4.74 Å². The molecule has 0 bridgehead atoms. The molecule has 0 aromatic heterocycles. The summed E-state index contributed by atoms with van der Waals surface area (Å²) >= 11 is 0. The summed E-state index contributed by atoms with van der Waals surface area (Å²) in [5.74, 6) is -4.73. The highest BCUT2D eigenvalue weighted by atomic mass is 19.2. The van der Waals surface area contributed by atoms with Gasteiger partial charge in [-0.3, -0.25) is 4.79 Å². The highest BCUT2D eigenvalue weighted by Gasteiger charge is 2.20. The zero-order chi connectivity index (χ0) is 13.9. The van der Waals surface area contributed by atoms with Crippen molar-refractivity contribution in [3.05, 3.63) is 35.1 Å². The summed E-state index contributed by atoms with van der Waals surface area (Å²) in [6, 6.07) is 1.42. The molecule has 0 aliphatic carbocycles. The Labute approximate surface area is 104 Å². The zero-order valence-corrected chi connectivity index (χ0v) is 10.5. The molecule has 0 fully saturated rings. The van der Waals surface area contributed by atoms with Gasteiger partial charge < -0.3 is 4.74 Å². The molecular formula is C13H15F3O2. The molecule has 0 aliphatic heterocycles. The van der Waals surface area contributed by atoms with Crippen LogP contribution in [0.5, 0.6) is 0 Å². The number of halogens is 3. The average Bonchev–Trinajstić information content (AvgIpc) is 2.32. The Morgan fingerprint density at radius 1 is 1.22 bits per heavy atom. The van der Waals surface area contributed by atoms with Crippen LogP contribution in [0.15, 0.2) is 12.1 Å². The van der Waals surface area contributed by atoms with Crippen molar-refractivity contribution in [2.24, 2.45) is 0 Å². The van der Waals surface area contributed by atoms with Gasteiger partial charge in [0.25, 0.3) is 0 Å². The third-order valence-corrected chi connectivity index (χ3v) is 2.81. The van der Waals surface area contributed by atoms with Crippen LogP contribution in [-0.4, -0.2) is 18.5 Å². The molecule has 1 aromatic carbocycles. The fourth-order valence-electron chi connectivity index (χ4n) is 1.38. The van der Waals surface area contributed by atoms with Crippen molar-refractivity contribution >= 4 is 5.78 Å². The molecule has 0 radical (unpaired) electrons. The Bertz CT molecular complexity index is 433. The van der Waals surface area contributed by atoms with E-state index < -0.39 is 28.8 Å². The first kappa shape index (κ1) is 14.7. The van der Waals surface area contributed by atoms with E-state index in [9.17, 15) is 18.0 Å². The SMILES string of the molecule is COC(C)(C)CCC(=O)c1cc(F)c(F)c(F)c1. The Hall–Kier alpha value is -1.36. The van der Waals surface area contributed by atoms with Gasteiger partial charge in [-0.15, -0.1) is 0 Å². The third kappa shape index (κ3) is 3.57. The van der Waals surface area contributed by atoms with E-state index in [0.717, 1.165) is 0 Å². The van der Waals surface area contributed by atoms with Crippen LogP contribution >= 0.6 is 0 Å².